The number of carbonyl (C=O) groups is 1. The maximum Gasteiger partial charge on any atom is 0.238 e. The fourth-order valence-corrected chi connectivity index (χ4v) is 5.18. The predicted molar refractivity (Wildman–Crippen MR) is 124 cm³/mol. The number of rotatable bonds is 4. The lowest BCUT2D eigenvalue weighted by molar-refractivity contribution is -0.116. The second-order valence-corrected chi connectivity index (χ2v) is 9.06. The van der Waals surface area contributed by atoms with E-state index in [1.807, 2.05) is 65.6 Å². The number of anilines is 1. The van der Waals surface area contributed by atoms with E-state index in [1.165, 1.54) is 11.8 Å². The maximum atomic E-state index is 13.5. The Labute approximate surface area is 184 Å². The topological polar surface area (TPSA) is 75.5 Å². The van der Waals surface area contributed by atoms with Crippen LogP contribution < -0.4 is 9.64 Å². The van der Waals surface area contributed by atoms with Crippen molar-refractivity contribution in [3.8, 4) is 5.75 Å². The van der Waals surface area contributed by atoms with Crippen molar-refractivity contribution in [3.63, 3.8) is 0 Å². The number of fused-ring (bicyclic) bond motifs is 4. The van der Waals surface area contributed by atoms with E-state index in [0.717, 1.165) is 27.9 Å². The van der Waals surface area contributed by atoms with Gasteiger partial charge in [-0.15, -0.1) is 5.10 Å². The van der Waals surface area contributed by atoms with E-state index in [-0.39, 0.29) is 11.7 Å². The van der Waals surface area contributed by atoms with Crippen LogP contribution in [0.5, 0.6) is 5.75 Å². The highest BCUT2D eigenvalue weighted by molar-refractivity contribution is 7.99. The Morgan fingerprint density at radius 2 is 2.00 bits per heavy atom. The Morgan fingerprint density at radius 3 is 2.81 bits per heavy atom. The van der Waals surface area contributed by atoms with Crippen LogP contribution in [0.15, 0.2) is 53.7 Å². The third-order valence-electron chi connectivity index (χ3n) is 5.59. The van der Waals surface area contributed by atoms with Crippen LogP contribution >= 0.6 is 11.8 Å². The van der Waals surface area contributed by atoms with Crippen molar-refractivity contribution in [1.29, 1.82) is 0 Å². The zero-order chi connectivity index (χ0) is 21.8. The number of hydrogen-bond acceptors (Lipinski definition) is 5. The summed E-state index contributed by atoms with van der Waals surface area (Å²) in [7, 11) is 1.64. The lowest BCUT2D eigenvalue weighted by atomic mass is 9.88. The monoisotopic (exact) mass is 433 g/mol. The molecule has 158 valence electrons. The van der Waals surface area contributed by atoms with Crippen LogP contribution in [0.1, 0.15) is 26.3 Å². The Bertz CT molecular complexity index is 1350. The predicted octanol–water partition coefficient (Wildman–Crippen LogP) is 4.54. The molecule has 1 amide bonds. The number of nitrogens with one attached hydrogen (secondary N) is 1. The van der Waals surface area contributed by atoms with Gasteiger partial charge < -0.3 is 4.74 Å². The summed E-state index contributed by atoms with van der Waals surface area (Å²) in [5.74, 6) is 1.59. The molecule has 0 saturated carbocycles. The Balaban J connectivity index is 1.49. The molecule has 2 aromatic heterocycles. The molecule has 0 spiro atoms. The number of thioether (sulfide) groups is 1. The SMILES string of the molecule is COc1cccc2c1N(C(=O)CSc1n[nH]c3nc4ccccc4n13)C(C)(C)C=C2C. The van der Waals surface area contributed by atoms with Crippen LogP contribution in [0.3, 0.4) is 0 Å². The smallest absolute Gasteiger partial charge is 0.238 e. The van der Waals surface area contributed by atoms with Gasteiger partial charge in [0.1, 0.15) is 5.75 Å². The number of carbonyl (C=O) groups excluding carboxylic acids is 1. The summed E-state index contributed by atoms with van der Waals surface area (Å²) < 4.78 is 7.57. The Kier molecular flexibility index (Phi) is 4.55. The number of hydrogen-bond donors (Lipinski definition) is 1. The minimum absolute atomic E-state index is 0.00919. The molecule has 0 fully saturated rings. The largest absolute Gasteiger partial charge is 0.495 e. The van der Waals surface area contributed by atoms with Gasteiger partial charge in [0, 0.05) is 5.56 Å². The Morgan fingerprint density at radius 1 is 1.19 bits per heavy atom. The first kappa shape index (κ1) is 19.7. The number of aromatic nitrogens is 4. The average Bonchev–Trinajstić information content (AvgIpc) is 3.30. The van der Waals surface area contributed by atoms with Crippen molar-refractivity contribution in [2.75, 3.05) is 17.8 Å². The highest BCUT2D eigenvalue weighted by atomic mass is 32.2. The van der Waals surface area contributed by atoms with Crippen molar-refractivity contribution in [1.82, 2.24) is 19.6 Å². The zero-order valence-corrected chi connectivity index (χ0v) is 18.7. The van der Waals surface area contributed by atoms with E-state index < -0.39 is 5.54 Å². The molecule has 0 saturated heterocycles. The molecule has 0 radical (unpaired) electrons. The van der Waals surface area contributed by atoms with Crippen LogP contribution in [0, 0.1) is 0 Å². The molecule has 0 aliphatic carbocycles. The third kappa shape index (κ3) is 3.09. The van der Waals surface area contributed by atoms with E-state index in [1.54, 1.807) is 7.11 Å². The highest BCUT2D eigenvalue weighted by Gasteiger charge is 2.37. The number of H-pyrrole nitrogens is 1. The molecular weight excluding hydrogens is 410 g/mol. The van der Waals surface area contributed by atoms with Crippen molar-refractivity contribution >= 4 is 45.7 Å². The normalized spacial score (nSPS) is 15.2. The van der Waals surface area contributed by atoms with E-state index >= 15 is 0 Å². The van der Waals surface area contributed by atoms with Gasteiger partial charge in [0.05, 0.1) is 35.1 Å². The molecule has 8 heteroatoms. The number of aromatic amines is 1. The molecule has 7 nitrogen and oxygen atoms in total. The van der Waals surface area contributed by atoms with Crippen molar-refractivity contribution in [3.05, 3.63) is 54.1 Å². The number of imidazole rings is 1. The quantitative estimate of drug-likeness (QED) is 0.478. The number of nitrogens with zero attached hydrogens (tertiary/aromatic N) is 4. The lowest BCUT2D eigenvalue weighted by Crippen LogP contribution is -2.49. The number of allylic oxidation sites excluding steroid dienone is 1. The fraction of sp³-hybridized carbons (Fsp3) is 0.261. The summed E-state index contributed by atoms with van der Waals surface area (Å²) in [5, 5.41) is 8.05. The molecule has 1 N–H and O–H groups in total. The molecule has 31 heavy (non-hydrogen) atoms. The van der Waals surface area contributed by atoms with Gasteiger partial charge in [-0.05, 0) is 44.5 Å². The number of amides is 1. The summed E-state index contributed by atoms with van der Waals surface area (Å²) in [6.07, 6.45) is 2.13. The van der Waals surface area contributed by atoms with Crippen LogP contribution in [0.25, 0.3) is 22.4 Å². The van der Waals surface area contributed by atoms with Gasteiger partial charge >= 0.3 is 0 Å². The van der Waals surface area contributed by atoms with Crippen LogP contribution in [-0.4, -0.2) is 43.9 Å². The van der Waals surface area contributed by atoms with Crippen LogP contribution in [-0.2, 0) is 4.79 Å². The summed E-state index contributed by atoms with van der Waals surface area (Å²) in [5.41, 5.74) is 4.34. The standard InChI is InChI=1S/C23H23N5O2S/c1-14-12-23(2,3)28(20-15(14)8-7-11-18(20)30-4)19(29)13-31-22-26-25-21-24-16-9-5-6-10-17(16)27(21)22/h5-12H,13H2,1-4H3,(H,24,25). The second kappa shape index (κ2) is 7.16. The minimum atomic E-state index is -0.480. The van der Waals surface area contributed by atoms with Crippen molar-refractivity contribution < 1.29 is 9.53 Å². The third-order valence-corrected chi connectivity index (χ3v) is 6.51. The molecule has 4 aromatic rings. The number of benzene rings is 2. The molecule has 3 heterocycles. The van der Waals surface area contributed by atoms with Crippen molar-refractivity contribution in [2.45, 2.75) is 31.5 Å². The molecule has 5 rings (SSSR count). The molecule has 1 aliphatic heterocycles. The van der Waals surface area contributed by atoms with Crippen LogP contribution in [0.4, 0.5) is 5.69 Å². The van der Waals surface area contributed by atoms with E-state index in [2.05, 4.69) is 28.2 Å². The van der Waals surface area contributed by atoms with E-state index in [9.17, 15) is 4.79 Å². The fourth-order valence-electron chi connectivity index (χ4n) is 4.37. The van der Waals surface area contributed by atoms with Gasteiger partial charge in [-0.2, -0.15) is 0 Å². The molecule has 0 unspecified atom stereocenters. The highest BCUT2D eigenvalue weighted by Crippen LogP contribution is 2.44. The minimum Gasteiger partial charge on any atom is -0.495 e. The van der Waals surface area contributed by atoms with E-state index in [0.29, 0.717) is 16.7 Å². The van der Waals surface area contributed by atoms with Crippen LogP contribution in [0.2, 0.25) is 0 Å². The summed E-state index contributed by atoms with van der Waals surface area (Å²) in [4.78, 5) is 19.9. The summed E-state index contributed by atoms with van der Waals surface area (Å²) in [6, 6.07) is 13.8. The number of para-hydroxylation sites is 3. The molecule has 1 aliphatic rings. The second-order valence-electron chi connectivity index (χ2n) is 8.12. The molecule has 2 aromatic carbocycles. The molecule has 0 bridgehead atoms. The van der Waals surface area contributed by atoms with Gasteiger partial charge in [0.15, 0.2) is 5.16 Å². The average molecular weight is 434 g/mol. The number of ether oxygens (including phenoxy) is 1. The zero-order valence-electron chi connectivity index (χ0n) is 17.8. The summed E-state index contributed by atoms with van der Waals surface area (Å²) in [6.45, 7) is 6.16. The van der Waals surface area contributed by atoms with Gasteiger partial charge in [-0.3, -0.25) is 14.1 Å². The van der Waals surface area contributed by atoms with Gasteiger partial charge in [-0.1, -0.05) is 42.1 Å². The Hall–Kier alpha value is -3.26. The molecule has 0 atom stereocenters. The van der Waals surface area contributed by atoms with Crippen molar-refractivity contribution in [2.24, 2.45) is 0 Å². The lowest BCUT2D eigenvalue weighted by Gasteiger charge is -2.42. The molecular formula is C23H23N5O2S. The number of methoxy groups -OCH3 is 1. The summed E-state index contributed by atoms with van der Waals surface area (Å²) >= 11 is 1.40. The van der Waals surface area contributed by atoms with Gasteiger partial charge in [0.25, 0.3) is 0 Å². The first-order chi connectivity index (χ1) is 14.9. The van der Waals surface area contributed by atoms with E-state index in [4.69, 9.17) is 4.74 Å². The maximum absolute atomic E-state index is 13.5. The first-order valence-corrected chi connectivity index (χ1v) is 11.0. The van der Waals surface area contributed by atoms with Gasteiger partial charge in [0.2, 0.25) is 11.7 Å². The van der Waals surface area contributed by atoms with Gasteiger partial charge in [-0.25, -0.2) is 10.1 Å². The first-order valence-electron chi connectivity index (χ1n) is 10.0.